The lowest BCUT2D eigenvalue weighted by Gasteiger charge is -2.11. The Kier molecular flexibility index (Phi) is 4.20. The highest BCUT2D eigenvalue weighted by atomic mass is 32.2. The van der Waals surface area contributed by atoms with E-state index in [9.17, 15) is 9.59 Å². The van der Waals surface area contributed by atoms with Crippen LogP contribution in [0.1, 0.15) is 27.6 Å². The van der Waals surface area contributed by atoms with Crippen LogP contribution in [-0.2, 0) is 0 Å². The highest BCUT2D eigenvalue weighted by Crippen LogP contribution is 2.37. The minimum atomic E-state index is -0.330. The Hall–Kier alpha value is -2.54. The van der Waals surface area contributed by atoms with Crippen LogP contribution in [-0.4, -0.2) is 29.7 Å². The first kappa shape index (κ1) is 15.4. The number of anilines is 1. The van der Waals surface area contributed by atoms with Gasteiger partial charge in [-0.25, -0.2) is 4.98 Å². The zero-order chi connectivity index (χ0) is 16.4. The van der Waals surface area contributed by atoms with Crippen LogP contribution < -0.4 is 14.8 Å². The highest BCUT2D eigenvalue weighted by molar-refractivity contribution is 7.98. The van der Waals surface area contributed by atoms with Crippen molar-refractivity contribution in [1.29, 1.82) is 0 Å². The predicted octanol–water partition coefficient (Wildman–Crippen LogP) is 2.99. The molecule has 1 aliphatic rings. The van der Waals surface area contributed by atoms with Crippen molar-refractivity contribution in [2.24, 2.45) is 0 Å². The molecular formula is C16H14N2O4S. The van der Waals surface area contributed by atoms with Crippen LogP contribution in [0.3, 0.4) is 0 Å². The minimum absolute atomic E-state index is 0.101. The smallest absolute Gasteiger partial charge is 0.258 e. The summed E-state index contributed by atoms with van der Waals surface area (Å²) < 4.78 is 10.6. The number of benzene rings is 1. The summed E-state index contributed by atoms with van der Waals surface area (Å²) in [6, 6.07) is 6.57. The van der Waals surface area contributed by atoms with Crippen LogP contribution in [0.2, 0.25) is 0 Å². The number of thioether (sulfide) groups is 1. The lowest BCUT2D eigenvalue weighted by atomic mass is 10.1. The first-order valence-electron chi connectivity index (χ1n) is 6.85. The van der Waals surface area contributed by atoms with Gasteiger partial charge >= 0.3 is 0 Å². The van der Waals surface area contributed by atoms with E-state index < -0.39 is 0 Å². The van der Waals surface area contributed by atoms with Crippen LogP contribution in [0.5, 0.6) is 11.5 Å². The van der Waals surface area contributed by atoms with Gasteiger partial charge in [0.05, 0.1) is 11.3 Å². The highest BCUT2D eigenvalue weighted by Gasteiger charge is 2.21. The first-order chi connectivity index (χ1) is 11.1. The third kappa shape index (κ3) is 3.00. The predicted molar refractivity (Wildman–Crippen MR) is 86.5 cm³/mol. The number of carbonyl (C=O) groups excluding carboxylic acids is 2. The molecule has 0 saturated heterocycles. The molecule has 0 spiro atoms. The molecule has 1 aromatic heterocycles. The number of ketones is 1. The lowest BCUT2D eigenvalue weighted by Crippen LogP contribution is -2.15. The lowest BCUT2D eigenvalue weighted by molar-refractivity contribution is 0.101. The van der Waals surface area contributed by atoms with Gasteiger partial charge in [0.2, 0.25) is 6.79 Å². The number of hydrogen-bond acceptors (Lipinski definition) is 6. The van der Waals surface area contributed by atoms with Crippen molar-refractivity contribution in [3.8, 4) is 11.5 Å². The zero-order valence-corrected chi connectivity index (χ0v) is 13.4. The molecule has 1 aromatic carbocycles. The molecule has 0 saturated carbocycles. The molecule has 3 rings (SSSR count). The van der Waals surface area contributed by atoms with Gasteiger partial charge in [-0.15, -0.1) is 11.8 Å². The molecule has 0 aliphatic carbocycles. The number of aromatic nitrogens is 1. The number of rotatable bonds is 4. The van der Waals surface area contributed by atoms with E-state index in [-0.39, 0.29) is 18.5 Å². The van der Waals surface area contributed by atoms with E-state index in [0.29, 0.717) is 33.3 Å². The number of nitrogens with one attached hydrogen (secondary N) is 1. The number of nitrogens with zero attached hydrogens (tertiary/aromatic N) is 1. The number of amides is 1. The Labute approximate surface area is 137 Å². The summed E-state index contributed by atoms with van der Waals surface area (Å²) >= 11 is 1.38. The van der Waals surface area contributed by atoms with Crippen molar-refractivity contribution < 1.29 is 19.1 Å². The van der Waals surface area contributed by atoms with Gasteiger partial charge < -0.3 is 14.8 Å². The van der Waals surface area contributed by atoms with E-state index in [1.54, 1.807) is 30.5 Å². The quantitative estimate of drug-likeness (QED) is 0.686. The fourth-order valence-corrected chi connectivity index (χ4v) is 2.80. The Morgan fingerprint density at radius 2 is 1.96 bits per heavy atom. The van der Waals surface area contributed by atoms with Crippen molar-refractivity contribution in [3.63, 3.8) is 0 Å². The summed E-state index contributed by atoms with van der Waals surface area (Å²) in [6.45, 7) is 1.54. The second-order valence-corrected chi connectivity index (χ2v) is 5.62. The maximum atomic E-state index is 12.5. The summed E-state index contributed by atoms with van der Waals surface area (Å²) in [6.07, 6.45) is 3.48. The summed E-state index contributed by atoms with van der Waals surface area (Å²) in [7, 11) is 0. The zero-order valence-electron chi connectivity index (χ0n) is 12.6. The van der Waals surface area contributed by atoms with Crippen LogP contribution >= 0.6 is 11.8 Å². The maximum absolute atomic E-state index is 12.5. The molecule has 6 nitrogen and oxygen atoms in total. The van der Waals surface area contributed by atoms with Crippen molar-refractivity contribution in [1.82, 2.24) is 4.98 Å². The molecule has 23 heavy (non-hydrogen) atoms. The van der Waals surface area contributed by atoms with Crippen LogP contribution in [0.15, 0.2) is 35.5 Å². The summed E-state index contributed by atoms with van der Waals surface area (Å²) in [5.74, 6) is 0.500. The van der Waals surface area contributed by atoms with Crippen LogP contribution in [0.25, 0.3) is 0 Å². The molecule has 1 N–H and O–H groups in total. The van der Waals surface area contributed by atoms with E-state index in [2.05, 4.69) is 10.3 Å². The second-order valence-electron chi connectivity index (χ2n) is 4.82. The average Bonchev–Trinajstić information content (AvgIpc) is 3.01. The SMILES string of the molecule is CSc1ncccc1C(=O)Nc1cc2c(cc1C(C)=O)OCO2. The molecule has 118 valence electrons. The normalized spacial score (nSPS) is 12.1. The van der Waals surface area contributed by atoms with E-state index in [1.807, 2.05) is 6.26 Å². The number of Topliss-reactive ketones (excluding diaryl/α,β-unsaturated/α-hetero) is 1. The molecule has 2 aromatic rings. The van der Waals surface area contributed by atoms with E-state index in [0.717, 1.165) is 0 Å². The standard InChI is InChI=1S/C16H14N2O4S/c1-9(19)11-6-13-14(22-8-21-13)7-12(11)18-15(20)10-4-3-5-17-16(10)23-2/h3-7H,8H2,1-2H3,(H,18,20). The number of pyridine rings is 1. The van der Waals surface area contributed by atoms with E-state index in [4.69, 9.17) is 9.47 Å². The van der Waals surface area contributed by atoms with Crippen LogP contribution in [0.4, 0.5) is 5.69 Å². The van der Waals surface area contributed by atoms with Gasteiger partial charge in [-0.05, 0) is 31.4 Å². The fourth-order valence-electron chi connectivity index (χ4n) is 2.25. The molecular weight excluding hydrogens is 316 g/mol. The molecule has 0 fully saturated rings. The Morgan fingerprint density at radius 1 is 1.22 bits per heavy atom. The molecule has 1 amide bonds. The number of fused-ring (bicyclic) bond motifs is 1. The molecule has 7 heteroatoms. The van der Waals surface area contributed by atoms with Gasteiger partial charge in [0, 0.05) is 17.8 Å². The van der Waals surface area contributed by atoms with E-state index in [1.165, 1.54) is 18.7 Å². The Bertz CT molecular complexity index is 792. The number of hydrogen-bond donors (Lipinski definition) is 1. The molecule has 0 radical (unpaired) electrons. The van der Waals surface area contributed by atoms with Crippen molar-refractivity contribution in [2.75, 3.05) is 18.4 Å². The average molecular weight is 330 g/mol. The number of carbonyl (C=O) groups is 2. The topological polar surface area (TPSA) is 77.5 Å². The molecule has 2 heterocycles. The van der Waals surface area contributed by atoms with Gasteiger partial charge in [0.15, 0.2) is 17.3 Å². The Morgan fingerprint density at radius 3 is 2.65 bits per heavy atom. The number of ether oxygens (including phenoxy) is 2. The molecule has 1 aliphatic heterocycles. The Balaban J connectivity index is 1.96. The summed E-state index contributed by atoms with van der Waals surface area (Å²) in [4.78, 5) is 28.5. The summed E-state index contributed by atoms with van der Waals surface area (Å²) in [5, 5.41) is 3.38. The van der Waals surface area contributed by atoms with Gasteiger partial charge in [-0.2, -0.15) is 0 Å². The minimum Gasteiger partial charge on any atom is -0.454 e. The maximum Gasteiger partial charge on any atom is 0.258 e. The molecule has 0 unspecified atom stereocenters. The fraction of sp³-hybridized carbons (Fsp3) is 0.188. The molecule has 0 atom stereocenters. The van der Waals surface area contributed by atoms with E-state index >= 15 is 0 Å². The third-order valence-electron chi connectivity index (χ3n) is 3.35. The third-order valence-corrected chi connectivity index (χ3v) is 4.06. The van der Waals surface area contributed by atoms with Crippen LogP contribution in [0, 0.1) is 0 Å². The van der Waals surface area contributed by atoms with Gasteiger partial charge in [-0.1, -0.05) is 0 Å². The van der Waals surface area contributed by atoms with Gasteiger partial charge in [-0.3, -0.25) is 9.59 Å². The van der Waals surface area contributed by atoms with Gasteiger partial charge in [0.25, 0.3) is 5.91 Å². The molecule has 0 bridgehead atoms. The van der Waals surface area contributed by atoms with Crippen molar-refractivity contribution >= 4 is 29.1 Å². The summed E-state index contributed by atoms with van der Waals surface area (Å²) in [5.41, 5.74) is 1.21. The van der Waals surface area contributed by atoms with Gasteiger partial charge in [0.1, 0.15) is 5.03 Å². The largest absolute Gasteiger partial charge is 0.454 e. The first-order valence-corrected chi connectivity index (χ1v) is 8.07. The van der Waals surface area contributed by atoms with Crippen molar-refractivity contribution in [3.05, 3.63) is 41.6 Å². The second kappa shape index (κ2) is 6.29. The monoisotopic (exact) mass is 330 g/mol. The van der Waals surface area contributed by atoms with Crippen molar-refractivity contribution in [2.45, 2.75) is 11.9 Å².